The second-order valence-corrected chi connectivity index (χ2v) is 5.60. The molecule has 1 aromatic carbocycles. The molecule has 0 fully saturated rings. The summed E-state index contributed by atoms with van der Waals surface area (Å²) in [5, 5.41) is 16.0. The van der Waals surface area contributed by atoms with Crippen LogP contribution in [-0.4, -0.2) is 30.7 Å². The lowest BCUT2D eigenvalue weighted by molar-refractivity contribution is -0.132. The molecule has 0 aliphatic carbocycles. The average molecular weight is 278 g/mol. The van der Waals surface area contributed by atoms with Crippen LogP contribution in [0.4, 0.5) is 0 Å². The van der Waals surface area contributed by atoms with E-state index in [0.717, 1.165) is 12.0 Å². The normalized spacial score (nSPS) is 14.1. The maximum Gasteiger partial charge on any atom is 0.249 e. The molecule has 0 saturated heterocycles. The molecule has 0 aromatic heterocycles. The van der Waals surface area contributed by atoms with Gasteiger partial charge in [-0.05, 0) is 24.9 Å². The van der Waals surface area contributed by atoms with Gasteiger partial charge in [-0.15, -0.1) is 0 Å². The van der Waals surface area contributed by atoms with Crippen LogP contribution in [0.25, 0.3) is 0 Å². The fourth-order valence-electron chi connectivity index (χ4n) is 2.30. The number of carbonyl (C=O) groups excluding carboxylic acids is 1. The average Bonchev–Trinajstić information content (AvgIpc) is 2.44. The first-order chi connectivity index (χ1) is 9.54. The lowest BCUT2D eigenvalue weighted by Crippen LogP contribution is -2.42. The molecule has 2 atom stereocenters. The van der Waals surface area contributed by atoms with Crippen molar-refractivity contribution in [3.05, 3.63) is 35.9 Å². The van der Waals surface area contributed by atoms with Crippen molar-refractivity contribution in [2.45, 2.75) is 32.9 Å². The Balaban J connectivity index is 2.51. The molecule has 112 valence electrons. The molecule has 20 heavy (non-hydrogen) atoms. The number of amides is 1. The van der Waals surface area contributed by atoms with E-state index in [0.29, 0.717) is 19.0 Å². The quantitative estimate of drug-likeness (QED) is 0.676. The molecular weight excluding hydrogens is 252 g/mol. The molecular formula is C16H26N2O2. The highest BCUT2D eigenvalue weighted by molar-refractivity contribution is 5.80. The number of benzene rings is 1. The van der Waals surface area contributed by atoms with Crippen LogP contribution in [-0.2, 0) is 11.3 Å². The largest absolute Gasteiger partial charge is 0.383 e. The van der Waals surface area contributed by atoms with Crippen molar-refractivity contribution in [1.82, 2.24) is 10.6 Å². The van der Waals surface area contributed by atoms with Crippen LogP contribution in [0.2, 0.25) is 0 Å². The molecule has 1 aromatic rings. The Bertz CT molecular complexity index is 393. The van der Waals surface area contributed by atoms with Crippen LogP contribution in [0.5, 0.6) is 0 Å². The summed E-state index contributed by atoms with van der Waals surface area (Å²) in [5.41, 5.74) is 1.03. The minimum absolute atomic E-state index is 0.0595. The lowest BCUT2D eigenvalue weighted by Gasteiger charge is -2.23. The lowest BCUT2D eigenvalue weighted by atomic mass is 9.91. The molecule has 1 amide bonds. The van der Waals surface area contributed by atoms with E-state index >= 15 is 0 Å². The Morgan fingerprint density at radius 2 is 1.90 bits per heavy atom. The van der Waals surface area contributed by atoms with Gasteiger partial charge >= 0.3 is 0 Å². The molecule has 1 rings (SSSR count). The zero-order valence-corrected chi connectivity index (χ0v) is 12.6. The van der Waals surface area contributed by atoms with Crippen molar-refractivity contribution in [3.8, 4) is 0 Å². The third-order valence-electron chi connectivity index (χ3n) is 3.27. The number of hydrogen-bond acceptors (Lipinski definition) is 3. The molecule has 0 saturated carbocycles. The van der Waals surface area contributed by atoms with E-state index in [1.54, 1.807) is 0 Å². The van der Waals surface area contributed by atoms with E-state index in [1.807, 2.05) is 37.4 Å². The predicted molar refractivity (Wildman–Crippen MR) is 81.2 cm³/mol. The summed E-state index contributed by atoms with van der Waals surface area (Å²) in [7, 11) is 1.84. The van der Waals surface area contributed by atoms with Crippen molar-refractivity contribution >= 4 is 5.91 Å². The standard InChI is InChI=1S/C16H26N2O2/c1-12(2)9-14(11-17-3)15(19)16(20)18-10-13-7-5-4-6-8-13/h4-8,12,14-15,17,19H,9-11H2,1-3H3,(H,18,20)/t14?,15-/m1/s1. The fraction of sp³-hybridized carbons (Fsp3) is 0.562. The van der Waals surface area contributed by atoms with E-state index in [4.69, 9.17) is 0 Å². The summed E-state index contributed by atoms with van der Waals surface area (Å²) in [4.78, 5) is 12.0. The predicted octanol–water partition coefficient (Wildman–Crippen LogP) is 1.55. The van der Waals surface area contributed by atoms with Crippen LogP contribution in [0.15, 0.2) is 30.3 Å². The maximum absolute atomic E-state index is 12.0. The number of hydrogen-bond donors (Lipinski definition) is 3. The maximum atomic E-state index is 12.0. The van der Waals surface area contributed by atoms with Crippen LogP contribution < -0.4 is 10.6 Å². The molecule has 0 bridgehead atoms. The summed E-state index contributed by atoms with van der Waals surface area (Å²) < 4.78 is 0. The molecule has 4 nitrogen and oxygen atoms in total. The van der Waals surface area contributed by atoms with Crippen LogP contribution in [0.1, 0.15) is 25.8 Å². The number of aliphatic hydroxyl groups excluding tert-OH is 1. The van der Waals surface area contributed by atoms with Gasteiger partial charge in [0.1, 0.15) is 6.10 Å². The summed E-state index contributed by atoms with van der Waals surface area (Å²) >= 11 is 0. The monoisotopic (exact) mass is 278 g/mol. The van der Waals surface area contributed by atoms with E-state index < -0.39 is 6.10 Å². The topological polar surface area (TPSA) is 61.4 Å². The van der Waals surface area contributed by atoms with Gasteiger partial charge in [-0.3, -0.25) is 4.79 Å². The first-order valence-corrected chi connectivity index (χ1v) is 7.19. The van der Waals surface area contributed by atoms with Gasteiger partial charge in [0.2, 0.25) is 5.91 Å². The van der Waals surface area contributed by atoms with Crippen molar-refractivity contribution in [3.63, 3.8) is 0 Å². The molecule has 4 heteroatoms. The van der Waals surface area contributed by atoms with Gasteiger partial charge < -0.3 is 15.7 Å². The van der Waals surface area contributed by atoms with E-state index in [9.17, 15) is 9.90 Å². The molecule has 0 spiro atoms. The van der Waals surface area contributed by atoms with Gasteiger partial charge in [0.05, 0.1) is 0 Å². The van der Waals surface area contributed by atoms with Gasteiger partial charge in [-0.25, -0.2) is 0 Å². The SMILES string of the molecule is CNCC(CC(C)C)[C@@H](O)C(=O)NCc1ccccc1. The second-order valence-electron chi connectivity index (χ2n) is 5.60. The van der Waals surface area contributed by atoms with Crippen LogP contribution in [0, 0.1) is 11.8 Å². The van der Waals surface area contributed by atoms with Gasteiger partial charge in [0.15, 0.2) is 0 Å². The summed E-state index contributed by atoms with van der Waals surface area (Å²) in [6.45, 7) is 5.28. The molecule has 0 radical (unpaired) electrons. The minimum Gasteiger partial charge on any atom is -0.383 e. The number of nitrogens with one attached hydrogen (secondary N) is 2. The molecule has 3 N–H and O–H groups in total. The molecule has 0 aliphatic heterocycles. The first-order valence-electron chi connectivity index (χ1n) is 7.19. The van der Waals surface area contributed by atoms with Gasteiger partial charge in [0.25, 0.3) is 0 Å². The smallest absolute Gasteiger partial charge is 0.249 e. The number of rotatable bonds is 8. The third-order valence-corrected chi connectivity index (χ3v) is 3.27. The highest BCUT2D eigenvalue weighted by Gasteiger charge is 2.25. The summed E-state index contributed by atoms with van der Waals surface area (Å²) in [5.74, 6) is 0.0930. The molecule has 0 heterocycles. The Labute approximate surface area is 121 Å². The minimum atomic E-state index is -0.964. The van der Waals surface area contributed by atoms with E-state index in [1.165, 1.54) is 0 Å². The summed E-state index contributed by atoms with van der Waals surface area (Å²) in [6.07, 6.45) is -0.144. The first kappa shape index (κ1) is 16.7. The Kier molecular flexibility index (Phi) is 7.26. The van der Waals surface area contributed by atoms with Crippen molar-refractivity contribution in [1.29, 1.82) is 0 Å². The Morgan fingerprint density at radius 3 is 2.45 bits per heavy atom. The fourth-order valence-corrected chi connectivity index (χ4v) is 2.30. The van der Waals surface area contributed by atoms with Gasteiger partial charge in [0, 0.05) is 19.0 Å². The zero-order valence-electron chi connectivity index (χ0n) is 12.6. The highest BCUT2D eigenvalue weighted by atomic mass is 16.3. The molecule has 0 aliphatic rings. The molecule has 1 unspecified atom stereocenters. The zero-order chi connectivity index (χ0) is 15.0. The van der Waals surface area contributed by atoms with Gasteiger partial charge in [-0.1, -0.05) is 44.2 Å². The third kappa shape index (κ3) is 5.72. The van der Waals surface area contributed by atoms with Crippen molar-refractivity contribution < 1.29 is 9.90 Å². The van der Waals surface area contributed by atoms with Crippen LogP contribution in [0.3, 0.4) is 0 Å². The Hall–Kier alpha value is -1.39. The van der Waals surface area contributed by atoms with E-state index in [2.05, 4.69) is 24.5 Å². The Morgan fingerprint density at radius 1 is 1.25 bits per heavy atom. The van der Waals surface area contributed by atoms with E-state index in [-0.39, 0.29) is 11.8 Å². The van der Waals surface area contributed by atoms with Crippen molar-refractivity contribution in [2.24, 2.45) is 11.8 Å². The number of carbonyl (C=O) groups is 1. The summed E-state index contributed by atoms with van der Waals surface area (Å²) in [6, 6.07) is 9.70. The second kappa shape index (κ2) is 8.72. The van der Waals surface area contributed by atoms with Gasteiger partial charge in [-0.2, -0.15) is 0 Å². The number of aliphatic hydroxyl groups is 1. The van der Waals surface area contributed by atoms with Crippen molar-refractivity contribution in [2.75, 3.05) is 13.6 Å². The van der Waals surface area contributed by atoms with Crippen LogP contribution >= 0.6 is 0 Å². The highest BCUT2D eigenvalue weighted by Crippen LogP contribution is 2.15.